The van der Waals surface area contributed by atoms with Gasteiger partial charge < -0.3 is 10.6 Å². The van der Waals surface area contributed by atoms with Crippen LogP contribution in [-0.2, 0) is 4.79 Å². The summed E-state index contributed by atoms with van der Waals surface area (Å²) in [6, 6.07) is 8.29. The van der Waals surface area contributed by atoms with Gasteiger partial charge >= 0.3 is 0 Å². The van der Waals surface area contributed by atoms with Crippen LogP contribution in [0.15, 0.2) is 24.3 Å². The number of hydrogen-bond donors (Lipinski definition) is 2. The Hall–Kier alpha value is -1.35. The number of carbonyl (C=O) groups excluding carboxylic acids is 1. The van der Waals surface area contributed by atoms with Gasteiger partial charge in [0, 0.05) is 13.1 Å². The summed E-state index contributed by atoms with van der Waals surface area (Å²) < 4.78 is 0. The molecule has 1 unspecified atom stereocenters. The zero-order chi connectivity index (χ0) is 11.0. The number of hydrogen-bond acceptors (Lipinski definition) is 2. The highest BCUT2D eigenvalue weighted by atomic mass is 16.2. The van der Waals surface area contributed by atoms with Gasteiger partial charge in [0.15, 0.2) is 0 Å². The van der Waals surface area contributed by atoms with Crippen LogP contribution >= 0.6 is 0 Å². The van der Waals surface area contributed by atoms with Gasteiger partial charge in [-0.2, -0.15) is 0 Å². The van der Waals surface area contributed by atoms with E-state index in [1.807, 2.05) is 6.07 Å². The topological polar surface area (TPSA) is 41.1 Å². The maximum Gasteiger partial charge on any atom is 0.241 e. The molecule has 84 valence electrons. The number of nitrogens with one attached hydrogen (secondary N) is 2. The molecule has 1 aliphatic heterocycles. The van der Waals surface area contributed by atoms with E-state index in [4.69, 9.17) is 0 Å². The molecule has 2 aliphatic rings. The molecule has 2 N–H and O–H groups in total. The van der Waals surface area contributed by atoms with E-state index in [0.29, 0.717) is 0 Å². The SMILES string of the molecule is O=C1NCCNC1c1cccc(C2CC2)c1. The number of piperazine rings is 1. The largest absolute Gasteiger partial charge is 0.353 e. The molecule has 3 rings (SSSR count). The Kier molecular flexibility index (Phi) is 2.40. The van der Waals surface area contributed by atoms with Crippen LogP contribution in [0.25, 0.3) is 0 Å². The van der Waals surface area contributed by atoms with Crippen molar-refractivity contribution < 1.29 is 4.79 Å². The second-order valence-electron chi connectivity index (χ2n) is 4.62. The molecule has 3 heteroatoms. The number of rotatable bonds is 2. The van der Waals surface area contributed by atoms with Gasteiger partial charge in [0.05, 0.1) is 0 Å². The van der Waals surface area contributed by atoms with E-state index in [9.17, 15) is 4.79 Å². The smallest absolute Gasteiger partial charge is 0.241 e. The highest BCUT2D eigenvalue weighted by molar-refractivity contribution is 5.83. The van der Waals surface area contributed by atoms with Crippen LogP contribution in [0.5, 0.6) is 0 Å². The molecule has 1 aromatic carbocycles. The summed E-state index contributed by atoms with van der Waals surface area (Å²) in [7, 11) is 0. The lowest BCUT2D eigenvalue weighted by molar-refractivity contribution is -0.124. The fourth-order valence-electron chi connectivity index (χ4n) is 2.28. The molecule has 16 heavy (non-hydrogen) atoms. The molecule has 1 aliphatic carbocycles. The Balaban J connectivity index is 1.86. The Labute approximate surface area is 95.2 Å². The maximum absolute atomic E-state index is 11.7. The summed E-state index contributed by atoms with van der Waals surface area (Å²) in [5.74, 6) is 0.839. The van der Waals surface area contributed by atoms with E-state index >= 15 is 0 Å². The van der Waals surface area contributed by atoms with Gasteiger partial charge in [-0.05, 0) is 29.9 Å². The van der Waals surface area contributed by atoms with Gasteiger partial charge in [0.1, 0.15) is 6.04 Å². The predicted molar refractivity (Wildman–Crippen MR) is 62.2 cm³/mol. The molecule has 1 heterocycles. The Morgan fingerprint density at radius 3 is 2.69 bits per heavy atom. The fraction of sp³-hybridized carbons (Fsp3) is 0.462. The van der Waals surface area contributed by atoms with Gasteiger partial charge in [0.25, 0.3) is 0 Å². The first-order valence-corrected chi connectivity index (χ1v) is 5.95. The van der Waals surface area contributed by atoms with E-state index in [1.165, 1.54) is 18.4 Å². The second-order valence-corrected chi connectivity index (χ2v) is 4.62. The molecule has 0 spiro atoms. The third-order valence-electron chi connectivity index (χ3n) is 3.33. The van der Waals surface area contributed by atoms with Crippen molar-refractivity contribution in [2.45, 2.75) is 24.8 Å². The van der Waals surface area contributed by atoms with Crippen molar-refractivity contribution in [2.75, 3.05) is 13.1 Å². The first kappa shape index (κ1) is 9.85. The normalized spacial score (nSPS) is 25.2. The Bertz CT molecular complexity index is 412. The molecule has 1 atom stereocenters. The van der Waals surface area contributed by atoms with Crippen molar-refractivity contribution in [3.8, 4) is 0 Å². The van der Waals surface area contributed by atoms with Gasteiger partial charge in [-0.3, -0.25) is 4.79 Å². The minimum atomic E-state index is -0.160. The van der Waals surface area contributed by atoms with Gasteiger partial charge in [0.2, 0.25) is 5.91 Å². The molecule has 0 radical (unpaired) electrons. The van der Waals surface area contributed by atoms with Crippen LogP contribution in [0.1, 0.15) is 35.9 Å². The van der Waals surface area contributed by atoms with Gasteiger partial charge in [-0.15, -0.1) is 0 Å². The van der Waals surface area contributed by atoms with E-state index in [1.54, 1.807) is 0 Å². The number of amides is 1. The molecule has 1 saturated heterocycles. The lowest BCUT2D eigenvalue weighted by Gasteiger charge is -2.24. The molecule has 3 nitrogen and oxygen atoms in total. The summed E-state index contributed by atoms with van der Waals surface area (Å²) in [5, 5.41) is 6.15. The lowest BCUT2D eigenvalue weighted by Crippen LogP contribution is -2.47. The molecule has 0 bridgehead atoms. The molecule has 0 aromatic heterocycles. The lowest BCUT2D eigenvalue weighted by atomic mass is 10.0. The van der Waals surface area contributed by atoms with E-state index in [0.717, 1.165) is 24.6 Å². The van der Waals surface area contributed by atoms with Crippen molar-refractivity contribution in [1.82, 2.24) is 10.6 Å². The van der Waals surface area contributed by atoms with Crippen molar-refractivity contribution in [1.29, 1.82) is 0 Å². The molecule has 1 aromatic rings. The van der Waals surface area contributed by atoms with E-state index in [-0.39, 0.29) is 11.9 Å². The molecular weight excluding hydrogens is 200 g/mol. The average molecular weight is 216 g/mol. The third-order valence-corrected chi connectivity index (χ3v) is 3.33. The highest BCUT2D eigenvalue weighted by Gasteiger charge is 2.26. The standard InChI is InChI=1S/C13H16N2O/c16-13-12(14-6-7-15-13)11-3-1-2-10(8-11)9-4-5-9/h1-3,8-9,12,14H,4-7H2,(H,15,16). The average Bonchev–Trinajstić information content (AvgIpc) is 3.14. The highest BCUT2D eigenvalue weighted by Crippen LogP contribution is 2.40. The summed E-state index contributed by atoms with van der Waals surface area (Å²) in [4.78, 5) is 11.7. The quantitative estimate of drug-likeness (QED) is 0.783. The van der Waals surface area contributed by atoms with E-state index < -0.39 is 0 Å². The Morgan fingerprint density at radius 2 is 1.94 bits per heavy atom. The van der Waals surface area contributed by atoms with Crippen LogP contribution in [-0.4, -0.2) is 19.0 Å². The maximum atomic E-state index is 11.7. The van der Waals surface area contributed by atoms with Gasteiger partial charge in [-0.25, -0.2) is 0 Å². The van der Waals surface area contributed by atoms with Crippen LogP contribution in [0, 0.1) is 0 Å². The monoisotopic (exact) mass is 216 g/mol. The van der Waals surface area contributed by atoms with Crippen molar-refractivity contribution in [2.24, 2.45) is 0 Å². The zero-order valence-corrected chi connectivity index (χ0v) is 9.20. The second kappa shape index (κ2) is 3.91. The first-order chi connectivity index (χ1) is 7.84. The van der Waals surface area contributed by atoms with Crippen LogP contribution in [0.4, 0.5) is 0 Å². The van der Waals surface area contributed by atoms with Crippen LogP contribution in [0.3, 0.4) is 0 Å². The van der Waals surface area contributed by atoms with Crippen molar-refractivity contribution in [3.63, 3.8) is 0 Å². The summed E-state index contributed by atoms with van der Waals surface area (Å²) in [5.41, 5.74) is 2.49. The summed E-state index contributed by atoms with van der Waals surface area (Å²) >= 11 is 0. The van der Waals surface area contributed by atoms with Crippen LogP contribution < -0.4 is 10.6 Å². The molecule has 1 amide bonds. The van der Waals surface area contributed by atoms with Crippen molar-refractivity contribution in [3.05, 3.63) is 35.4 Å². The Morgan fingerprint density at radius 1 is 1.12 bits per heavy atom. The molecule has 2 fully saturated rings. The van der Waals surface area contributed by atoms with Gasteiger partial charge in [-0.1, -0.05) is 24.3 Å². The summed E-state index contributed by atoms with van der Waals surface area (Å²) in [6.07, 6.45) is 2.60. The van der Waals surface area contributed by atoms with E-state index in [2.05, 4.69) is 28.8 Å². The first-order valence-electron chi connectivity index (χ1n) is 5.95. The van der Waals surface area contributed by atoms with Crippen LogP contribution in [0.2, 0.25) is 0 Å². The number of benzene rings is 1. The molecule has 1 saturated carbocycles. The minimum Gasteiger partial charge on any atom is -0.353 e. The number of carbonyl (C=O) groups is 1. The fourth-order valence-corrected chi connectivity index (χ4v) is 2.28. The minimum absolute atomic E-state index is 0.0965. The zero-order valence-electron chi connectivity index (χ0n) is 9.20. The third kappa shape index (κ3) is 1.83. The molecular formula is C13H16N2O. The summed E-state index contributed by atoms with van der Waals surface area (Å²) in [6.45, 7) is 1.59. The van der Waals surface area contributed by atoms with Crippen molar-refractivity contribution >= 4 is 5.91 Å². The predicted octanol–water partition coefficient (Wildman–Crippen LogP) is 1.32.